The maximum atomic E-state index is 12.3. The highest BCUT2D eigenvalue weighted by Gasteiger charge is 2.88. The van der Waals surface area contributed by atoms with E-state index in [2.05, 4.69) is 0 Å². The molecule has 2 saturated heterocycles. The summed E-state index contributed by atoms with van der Waals surface area (Å²) in [6.45, 7) is 5.39. The molecule has 0 aromatic heterocycles. The van der Waals surface area contributed by atoms with E-state index in [1.807, 2.05) is 13.8 Å². The van der Waals surface area contributed by atoms with Crippen LogP contribution in [-0.2, 0) is 14.3 Å². The topological polar surface area (TPSA) is 99.5 Å². The van der Waals surface area contributed by atoms with Crippen LogP contribution in [0.3, 0.4) is 0 Å². The molecule has 0 radical (unpaired) electrons. The third-order valence-corrected chi connectivity index (χ3v) is 6.78. The Morgan fingerprint density at radius 3 is 2.67 bits per heavy atom. The molecule has 118 valence electrons. The first-order chi connectivity index (χ1) is 9.74. The standard InChI is InChI=1S/C15H22O6/c1-6(2)8-9-12(18)20-10(8)11(17)13(3)14(9,19)4-7-15(13,5-16)21-7/h6-11,16-17,19H,4-5H2,1-3H3. The predicted molar refractivity (Wildman–Crippen MR) is 70.1 cm³/mol. The van der Waals surface area contributed by atoms with Gasteiger partial charge in [0.25, 0.3) is 0 Å². The summed E-state index contributed by atoms with van der Waals surface area (Å²) in [4.78, 5) is 12.3. The van der Waals surface area contributed by atoms with Gasteiger partial charge >= 0.3 is 5.97 Å². The summed E-state index contributed by atoms with van der Waals surface area (Å²) in [5, 5.41) is 32.0. The highest BCUT2D eigenvalue weighted by molar-refractivity contribution is 5.78. The monoisotopic (exact) mass is 298 g/mol. The number of hydrogen-bond acceptors (Lipinski definition) is 6. The van der Waals surface area contributed by atoms with Crippen molar-refractivity contribution in [3.8, 4) is 0 Å². The Morgan fingerprint density at radius 2 is 2.10 bits per heavy atom. The van der Waals surface area contributed by atoms with E-state index >= 15 is 0 Å². The fraction of sp³-hybridized carbons (Fsp3) is 0.933. The molecule has 0 aromatic rings. The number of rotatable bonds is 2. The molecule has 2 bridgehead atoms. The molecule has 0 aromatic carbocycles. The van der Waals surface area contributed by atoms with Gasteiger partial charge in [0.1, 0.15) is 17.8 Å². The second-order valence-electron chi connectivity index (χ2n) is 7.63. The maximum Gasteiger partial charge on any atom is 0.312 e. The van der Waals surface area contributed by atoms with Gasteiger partial charge in [0.05, 0.1) is 29.6 Å². The minimum atomic E-state index is -1.39. The van der Waals surface area contributed by atoms with Crippen molar-refractivity contribution < 1.29 is 29.6 Å². The average molecular weight is 298 g/mol. The van der Waals surface area contributed by atoms with Crippen LogP contribution in [0.1, 0.15) is 27.2 Å². The van der Waals surface area contributed by atoms with Crippen LogP contribution in [0.25, 0.3) is 0 Å². The first-order valence-corrected chi connectivity index (χ1v) is 7.64. The number of aliphatic hydroxyl groups is 3. The molecule has 4 aliphatic rings. The van der Waals surface area contributed by atoms with Gasteiger partial charge in [0.15, 0.2) is 0 Å². The molecule has 4 rings (SSSR count). The second kappa shape index (κ2) is 3.62. The Labute approximate surface area is 123 Å². The Morgan fingerprint density at radius 1 is 1.43 bits per heavy atom. The lowest BCUT2D eigenvalue weighted by atomic mass is 9.52. The molecule has 2 saturated carbocycles. The third-order valence-electron chi connectivity index (χ3n) is 6.78. The lowest BCUT2D eigenvalue weighted by Gasteiger charge is -2.55. The Hall–Kier alpha value is -0.690. The zero-order chi connectivity index (χ0) is 15.4. The number of epoxide rings is 1. The summed E-state index contributed by atoms with van der Waals surface area (Å²) in [5.41, 5.74) is -3.43. The Balaban J connectivity index is 1.89. The molecular weight excluding hydrogens is 276 g/mol. The number of carbonyl (C=O) groups excluding carboxylic acids is 1. The van der Waals surface area contributed by atoms with Crippen molar-refractivity contribution in [3.63, 3.8) is 0 Å². The average Bonchev–Trinajstić information content (AvgIpc) is 2.95. The number of hydrogen-bond donors (Lipinski definition) is 3. The molecule has 3 N–H and O–H groups in total. The lowest BCUT2D eigenvalue weighted by molar-refractivity contribution is -0.240. The number of ether oxygens (including phenoxy) is 2. The normalized spacial score (nSPS) is 60.7. The van der Waals surface area contributed by atoms with Crippen molar-refractivity contribution in [2.75, 3.05) is 6.61 Å². The molecule has 2 aliphatic carbocycles. The smallest absolute Gasteiger partial charge is 0.312 e. The van der Waals surface area contributed by atoms with Crippen LogP contribution in [-0.4, -0.2) is 57.4 Å². The molecule has 0 amide bonds. The summed E-state index contributed by atoms with van der Waals surface area (Å²) in [6.07, 6.45) is -1.72. The van der Waals surface area contributed by atoms with Gasteiger partial charge in [-0.2, -0.15) is 0 Å². The summed E-state index contributed by atoms with van der Waals surface area (Å²) in [7, 11) is 0. The summed E-state index contributed by atoms with van der Waals surface area (Å²) < 4.78 is 11.0. The number of aliphatic hydroxyl groups excluding tert-OH is 2. The number of esters is 1. The van der Waals surface area contributed by atoms with E-state index in [1.165, 1.54) is 0 Å². The molecule has 6 heteroatoms. The van der Waals surface area contributed by atoms with E-state index < -0.39 is 40.7 Å². The van der Waals surface area contributed by atoms with Crippen molar-refractivity contribution in [3.05, 3.63) is 0 Å². The zero-order valence-electron chi connectivity index (χ0n) is 12.4. The minimum Gasteiger partial charge on any atom is -0.459 e. The summed E-state index contributed by atoms with van der Waals surface area (Å²) in [5.74, 6) is -1.19. The first kappa shape index (κ1) is 13.9. The summed E-state index contributed by atoms with van der Waals surface area (Å²) in [6, 6.07) is 0. The van der Waals surface area contributed by atoms with Crippen LogP contribution < -0.4 is 0 Å². The van der Waals surface area contributed by atoms with Crippen LogP contribution in [0, 0.1) is 23.2 Å². The van der Waals surface area contributed by atoms with Gasteiger partial charge in [0.2, 0.25) is 0 Å². The Kier molecular flexibility index (Phi) is 2.40. The van der Waals surface area contributed by atoms with Crippen molar-refractivity contribution in [2.45, 2.75) is 56.7 Å². The Bertz CT molecular complexity index is 516. The zero-order valence-corrected chi connectivity index (χ0v) is 12.4. The van der Waals surface area contributed by atoms with Gasteiger partial charge in [-0.1, -0.05) is 20.8 Å². The predicted octanol–water partition coefficient (Wildman–Crippen LogP) is -0.554. The fourth-order valence-electron chi connectivity index (χ4n) is 5.52. The van der Waals surface area contributed by atoms with E-state index in [0.29, 0.717) is 0 Å². The van der Waals surface area contributed by atoms with Gasteiger partial charge in [-0.3, -0.25) is 4.79 Å². The second-order valence-corrected chi connectivity index (χ2v) is 7.63. The van der Waals surface area contributed by atoms with Crippen LogP contribution in [0.2, 0.25) is 0 Å². The molecule has 4 fully saturated rings. The van der Waals surface area contributed by atoms with Crippen LogP contribution in [0.15, 0.2) is 0 Å². The molecule has 2 heterocycles. The number of fused-ring (bicyclic) bond motifs is 6. The van der Waals surface area contributed by atoms with Crippen molar-refractivity contribution in [1.29, 1.82) is 0 Å². The van der Waals surface area contributed by atoms with E-state index in [9.17, 15) is 20.1 Å². The van der Waals surface area contributed by atoms with E-state index in [4.69, 9.17) is 9.47 Å². The van der Waals surface area contributed by atoms with E-state index in [-0.39, 0.29) is 31.0 Å². The largest absolute Gasteiger partial charge is 0.459 e. The molecule has 2 aliphatic heterocycles. The molecule has 8 unspecified atom stereocenters. The first-order valence-electron chi connectivity index (χ1n) is 7.64. The SMILES string of the molecule is CC(C)C1C2OC(=O)C1C1(O)CC3OC3(CO)C1(C)C2O. The fourth-order valence-corrected chi connectivity index (χ4v) is 5.52. The highest BCUT2D eigenvalue weighted by atomic mass is 16.6. The van der Waals surface area contributed by atoms with Crippen molar-refractivity contribution in [2.24, 2.45) is 23.2 Å². The van der Waals surface area contributed by atoms with Gasteiger partial charge in [-0.25, -0.2) is 0 Å². The molecule has 8 atom stereocenters. The highest BCUT2D eigenvalue weighted by Crippen LogP contribution is 2.73. The van der Waals surface area contributed by atoms with Gasteiger partial charge in [-0.05, 0) is 5.92 Å². The van der Waals surface area contributed by atoms with E-state index in [0.717, 1.165) is 0 Å². The lowest BCUT2D eigenvalue weighted by Crippen LogP contribution is -2.69. The van der Waals surface area contributed by atoms with Crippen molar-refractivity contribution in [1.82, 2.24) is 0 Å². The van der Waals surface area contributed by atoms with Crippen molar-refractivity contribution >= 4 is 5.97 Å². The van der Waals surface area contributed by atoms with Crippen LogP contribution in [0.5, 0.6) is 0 Å². The quantitative estimate of drug-likeness (QED) is 0.467. The summed E-state index contributed by atoms with van der Waals surface area (Å²) >= 11 is 0. The third kappa shape index (κ3) is 1.17. The molecular formula is C15H22O6. The van der Waals surface area contributed by atoms with Gasteiger partial charge in [-0.15, -0.1) is 0 Å². The minimum absolute atomic E-state index is 0.109. The molecule has 6 nitrogen and oxygen atoms in total. The van der Waals surface area contributed by atoms with Gasteiger partial charge in [0, 0.05) is 12.3 Å². The molecule has 0 spiro atoms. The van der Waals surface area contributed by atoms with Gasteiger partial charge < -0.3 is 24.8 Å². The maximum absolute atomic E-state index is 12.3. The van der Waals surface area contributed by atoms with Crippen LogP contribution >= 0.6 is 0 Å². The van der Waals surface area contributed by atoms with E-state index in [1.54, 1.807) is 6.92 Å². The number of carbonyl (C=O) groups is 1. The van der Waals surface area contributed by atoms with Crippen LogP contribution in [0.4, 0.5) is 0 Å². The molecule has 21 heavy (non-hydrogen) atoms.